The molecule has 1 aliphatic heterocycles. The minimum Gasteiger partial charge on any atom is -0.461 e. The number of benzene rings is 4. The average molecular weight is 654 g/mol. The number of allylic oxidation sites excluding steroid dienone is 3. The number of ether oxygens (including phenoxy) is 1. The van der Waals surface area contributed by atoms with Gasteiger partial charge in [0.2, 0.25) is 0 Å². The summed E-state index contributed by atoms with van der Waals surface area (Å²) in [7, 11) is -2.41. The molecule has 0 fully saturated rings. The number of non-ortho nitro benzene ring substituents is 1. The highest BCUT2D eigenvalue weighted by Crippen LogP contribution is 2.63. The molecular weight excluding hydrogens is 617 g/mol. The van der Waals surface area contributed by atoms with Crippen molar-refractivity contribution in [3.63, 3.8) is 0 Å². The monoisotopic (exact) mass is 653 g/mol. The van der Waals surface area contributed by atoms with Crippen molar-refractivity contribution in [2.24, 2.45) is 0 Å². The van der Waals surface area contributed by atoms with Gasteiger partial charge in [0.15, 0.2) is 0 Å². The molecule has 0 spiro atoms. The Balaban J connectivity index is 1.53. The zero-order valence-electron chi connectivity index (χ0n) is 26.4. The summed E-state index contributed by atoms with van der Waals surface area (Å²) in [5.74, 6) is -1.16. The van der Waals surface area contributed by atoms with Crippen LogP contribution in [0.2, 0.25) is 0 Å². The van der Waals surface area contributed by atoms with E-state index in [2.05, 4.69) is 5.32 Å². The van der Waals surface area contributed by atoms with Crippen molar-refractivity contribution in [1.29, 1.82) is 0 Å². The van der Waals surface area contributed by atoms with Crippen LogP contribution in [0.5, 0.6) is 11.5 Å². The molecule has 0 radical (unpaired) electrons. The largest absolute Gasteiger partial charge is 0.461 e. The predicted molar refractivity (Wildman–Crippen MR) is 180 cm³/mol. The lowest BCUT2D eigenvalue weighted by atomic mass is 9.86. The molecule has 47 heavy (non-hydrogen) atoms. The summed E-state index contributed by atoms with van der Waals surface area (Å²) < 4.78 is 33.4. The Morgan fingerprint density at radius 3 is 2.00 bits per heavy atom. The molecule has 11 heteroatoms. The van der Waals surface area contributed by atoms with Crippen LogP contribution in [0.1, 0.15) is 30.9 Å². The topological polar surface area (TPSA) is 120 Å². The number of rotatable bonds is 13. The molecular formula is C36H36N3O7P. The van der Waals surface area contributed by atoms with Crippen molar-refractivity contribution in [3.05, 3.63) is 159 Å². The smallest absolute Gasteiger partial charge is 0.461 e. The molecule has 0 amide bonds. The molecule has 0 saturated carbocycles. The van der Waals surface area contributed by atoms with E-state index in [4.69, 9.17) is 13.8 Å². The summed E-state index contributed by atoms with van der Waals surface area (Å²) in [6.45, 7) is 4.62. The maximum absolute atomic E-state index is 15.2. The third-order valence-electron chi connectivity index (χ3n) is 7.59. The van der Waals surface area contributed by atoms with E-state index in [1.165, 1.54) is 18.2 Å². The lowest BCUT2D eigenvalue weighted by Crippen LogP contribution is -2.31. The molecule has 1 N–H and O–H groups in total. The summed E-state index contributed by atoms with van der Waals surface area (Å²) in [4.78, 5) is 27.3. The van der Waals surface area contributed by atoms with Gasteiger partial charge < -0.3 is 19.1 Å². The van der Waals surface area contributed by atoms with E-state index in [-0.39, 0.29) is 34.7 Å². The van der Waals surface area contributed by atoms with Gasteiger partial charge in [-0.1, -0.05) is 78.9 Å². The minimum absolute atomic E-state index is 0.0807. The number of carbonyl (C=O) groups is 1. The first-order valence-electron chi connectivity index (χ1n) is 15.1. The number of nitrogens with zero attached hydrogens (tertiary/aromatic N) is 2. The Labute approximate surface area is 274 Å². The van der Waals surface area contributed by atoms with Crippen LogP contribution in [0.15, 0.2) is 138 Å². The van der Waals surface area contributed by atoms with Crippen molar-refractivity contribution < 1.29 is 28.1 Å². The fourth-order valence-electron chi connectivity index (χ4n) is 5.46. The molecule has 0 aliphatic carbocycles. The van der Waals surface area contributed by atoms with Crippen LogP contribution >= 0.6 is 7.60 Å². The Morgan fingerprint density at radius 1 is 0.851 bits per heavy atom. The first-order valence-corrected chi connectivity index (χ1v) is 16.6. The van der Waals surface area contributed by atoms with Gasteiger partial charge in [0, 0.05) is 36.6 Å². The van der Waals surface area contributed by atoms with Crippen LogP contribution in [0.3, 0.4) is 0 Å². The zero-order chi connectivity index (χ0) is 33.4. The number of nitro groups is 1. The highest BCUT2D eigenvalue weighted by molar-refractivity contribution is 7.59. The normalized spacial score (nSPS) is 14.9. The first-order chi connectivity index (χ1) is 22.6. The maximum atomic E-state index is 15.2. The molecule has 0 aromatic heterocycles. The van der Waals surface area contributed by atoms with Crippen LogP contribution in [-0.4, -0.2) is 36.0 Å². The van der Waals surface area contributed by atoms with E-state index in [1.54, 1.807) is 80.6 Å². The van der Waals surface area contributed by atoms with Crippen LogP contribution in [0.25, 0.3) is 0 Å². The van der Waals surface area contributed by atoms with E-state index in [9.17, 15) is 14.9 Å². The minimum atomic E-state index is -4.34. The quantitative estimate of drug-likeness (QED) is 0.0667. The number of carbonyl (C=O) groups excluding carboxylic acids is 1. The summed E-state index contributed by atoms with van der Waals surface area (Å²) in [6, 6.07) is 33.0. The highest BCUT2D eigenvalue weighted by atomic mass is 31.2. The molecule has 0 saturated heterocycles. The van der Waals surface area contributed by atoms with Crippen LogP contribution < -0.4 is 14.4 Å². The second-order valence-corrected chi connectivity index (χ2v) is 13.0. The molecule has 0 bridgehead atoms. The molecule has 10 nitrogen and oxygen atoms in total. The molecule has 242 valence electrons. The lowest BCUT2D eigenvalue weighted by Gasteiger charge is -2.34. The summed E-state index contributed by atoms with van der Waals surface area (Å²) in [6.07, 6.45) is 0. The van der Waals surface area contributed by atoms with Crippen molar-refractivity contribution in [2.45, 2.75) is 26.3 Å². The number of esters is 1. The third kappa shape index (κ3) is 8.16. The van der Waals surface area contributed by atoms with Crippen molar-refractivity contribution >= 4 is 19.3 Å². The number of nitrogens with one attached hydrogen (secondary N) is 1. The molecule has 1 heterocycles. The summed E-state index contributed by atoms with van der Waals surface area (Å²) in [5, 5.41) is 15.2. The number of para-hydroxylation sites is 2. The van der Waals surface area contributed by atoms with Crippen LogP contribution in [0.4, 0.5) is 5.69 Å². The summed E-state index contributed by atoms with van der Waals surface area (Å²) >= 11 is 0. The highest BCUT2D eigenvalue weighted by Gasteiger charge is 2.47. The van der Waals surface area contributed by atoms with Crippen LogP contribution in [-0.2, 0) is 20.6 Å². The van der Waals surface area contributed by atoms with E-state index in [1.807, 2.05) is 42.3 Å². The Hall–Kier alpha value is -5.18. The van der Waals surface area contributed by atoms with E-state index in [0.717, 1.165) is 5.56 Å². The van der Waals surface area contributed by atoms with Gasteiger partial charge in [0.05, 0.1) is 21.7 Å². The number of hydrogen-bond donors (Lipinski definition) is 1. The SMILES string of the molecule is CC1=C(C(=O)OCCN(C)Cc2ccccc2)C(c2cccc([N+](=O)[O-])c2)C(P(=O)(Oc2ccccc2)Oc2ccccc2)=C(C)N1. The fourth-order valence-corrected chi connectivity index (χ4v) is 7.56. The molecule has 1 unspecified atom stereocenters. The predicted octanol–water partition coefficient (Wildman–Crippen LogP) is 7.81. The first kappa shape index (κ1) is 33.2. The average Bonchev–Trinajstić information content (AvgIpc) is 3.05. The lowest BCUT2D eigenvalue weighted by molar-refractivity contribution is -0.384. The second kappa shape index (κ2) is 14.9. The maximum Gasteiger partial charge on any atom is 0.461 e. The van der Waals surface area contributed by atoms with Gasteiger partial charge in [-0.15, -0.1) is 0 Å². The molecule has 4 aromatic rings. The Morgan fingerprint density at radius 2 is 1.43 bits per heavy atom. The van der Waals surface area contributed by atoms with Gasteiger partial charge in [-0.2, -0.15) is 0 Å². The Bertz CT molecular complexity index is 1780. The van der Waals surface area contributed by atoms with E-state index < -0.39 is 24.4 Å². The number of likely N-dealkylation sites (N-methyl/N-ethyl adjacent to an activating group) is 1. The van der Waals surface area contributed by atoms with Gasteiger partial charge in [-0.25, -0.2) is 9.36 Å². The zero-order valence-corrected chi connectivity index (χ0v) is 27.3. The standard InChI is InChI=1S/C36H36N3O7P/c1-26-33(36(40)44-23-22-38(3)25-28-14-7-4-8-15-28)34(29-16-13-17-30(24-29)39(41)42)35(27(2)37-26)47(43,45-31-18-9-5-10-19-31)46-32-20-11-6-12-21-32/h4-21,24,34,37H,22-23,25H2,1-3H3. The van der Waals surface area contributed by atoms with Gasteiger partial charge in [-0.3, -0.25) is 15.0 Å². The molecule has 1 aliphatic rings. The Kier molecular flexibility index (Phi) is 10.6. The molecule has 4 aromatic carbocycles. The van der Waals surface area contributed by atoms with Gasteiger partial charge in [0.1, 0.15) is 18.1 Å². The number of hydrogen-bond acceptors (Lipinski definition) is 9. The molecule has 1 atom stereocenters. The van der Waals surface area contributed by atoms with Crippen molar-refractivity contribution in [2.75, 3.05) is 20.2 Å². The van der Waals surface area contributed by atoms with Crippen molar-refractivity contribution in [1.82, 2.24) is 10.2 Å². The van der Waals surface area contributed by atoms with E-state index in [0.29, 0.717) is 30.0 Å². The number of nitro benzene ring substituents is 1. The second-order valence-electron chi connectivity index (χ2n) is 11.1. The third-order valence-corrected chi connectivity index (χ3v) is 9.68. The van der Waals surface area contributed by atoms with Gasteiger partial charge in [0.25, 0.3) is 5.69 Å². The molecule has 5 rings (SSSR count). The summed E-state index contributed by atoms with van der Waals surface area (Å²) in [5.41, 5.74) is 2.32. The van der Waals surface area contributed by atoms with E-state index >= 15 is 4.57 Å². The van der Waals surface area contributed by atoms with Crippen LogP contribution in [0, 0.1) is 10.1 Å². The fraction of sp³-hybridized carbons (Fsp3) is 0.194. The van der Waals surface area contributed by atoms with Gasteiger partial charge >= 0.3 is 13.6 Å². The number of dihydropyridines is 1. The van der Waals surface area contributed by atoms with Crippen molar-refractivity contribution in [3.8, 4) is 11.5 Å². The van der Waals surface area contributed by atoms with Gasteiger partial charge in [-0.05, 0) is 56.3 Å².